The number of piperazine rings is 1. The molecule has 0 amide bonds. The summed E-state index contributed by atoms with van der Waals surface area (Å²) in [6.45, 7) is 2.99. The maximum Gasteiger partial charge on any atom is 0.335 e. The van der Waals surface area contributed by atoms with Crippen molar-refractivity contribution >= 4 is 28.4 Å². The van der Waals surface area contributed by atoms with Crippen LogP contribution in [0.1, 0.15) is 27.0 Å². The molecule has 0 radical (unpaired) electrons. The highest BCUT2D eigenvalue weighted by Crippen LogP contribution is 2.41. The van der Waals surface area contributed by atoms with Crippen LogP contribution in [-0.4, -0.2) is 57.0 Å². The Morgan fingerprint density at radius 3 is 1.86 bits per heavy atom. The molecule has 240 valence electrons. The van der Waals surface area contributed by atoms with E-state index in [4.69, 9.17) is 10.1 Å². The number of carboxylic acid groups (broad SMARTS) is 1. The molecule has 7 aromatic rings. The minimum Gasteiger partial charge on any atom is -0.478 e. The zero-order valence-electron chi connectivity index (χ0n) is 26.8. The highest BCUT2D eigenvalue weighted by atomic mass is 16.4. The lowest BCUT2D eigenvalue weighted by atomic mass is 9.77. The van der Waals surface area contributed by atoms with Crippen LogP contribution in [0.25, 0.3) is 22.2 Å². The van der Waals surface area contributed by atoms with Crippen LogP contribution in [0.3, 0.4) is 0 Å². The molecule has 1 aliphatic heterocycles. The number of hydrogen-bond donors (Lipinski definition) is 1. The molecule has 8 nitrogen and oxygen atoms in total. The van der Waals surface area contributed by atoms with Gasteiger partial charge in [-0.05, 0) is 53.1 Å². The van der Waals surface area contributed by atoms with E-state index in [-0.39, 0.29) is 0 Å². The molecule has 2 aromatic heterocycles. The number of fused-ring (bicyclic) bond motifs is 1. The summed E-state index contributed by atoms with van der Waals surface area (Å²) in [5, 5.41) is 15.7. The summed E-state index contributed by atoms with van der Waals surface area (Å²) in [4.78, 5) is 25.4. The van der Waals surface area contributed by atoms with Gasteiger partial charge in [-0.2, -0.15) is 5.10 Å². The Bertz CT molecular complexity index is 2130. The van der Waals surface area contributed by atoms with Crippen molar-refractivity contribution in [2.45, 2.75) is 5.54 Å². The number of nitrogens with zero attached hydrogens (tertiary/aromatic N) is 6. The minimum atomic E-state index is -0.917. The number of aromatic carboxylic acids is 1. The third-order valence-electron chi connectivity index (χ3n) is 9.45. The molecule has 0 saturated carbocycles. The van der Waals surface area contributed by atoms with Gasteiger partial charge in [0.15, 0.2) is 0 Å². The lowest BCUT2D eigenvalue weighted by Crippen LogP contribution is -2.47. The Morgan fingerprint density at radius 1 is 0.633 bits per heavy atom. The summed E-state index contributed by atoms with van der Waals surface area (Å²) in [7, 11) is 0. The minimum absolute atomic E-state index is 0.297. The van der Waals surface area contributed by atoms with Crippen LogP contribution in [0.2, 0.25) is 0 Å². The molecule has 8 rings (SSSR count). The van der Waals surface area contributed by atoms with Gasteiger partial charge in [-0.15, -0.1) is 0 Å². The summed E-state index contributed by atoms with van der Waals surface area (Å²) in [6.07, 6.45) is 3.70. The van der Waals surface area contributed by atoms with Crippen LogP contribution in [-0.2, 0) is 5.54 Å². The summed E-state index contributed by atoms with van der Waals surface area (Å²) >= 11 is 0. The molecule has 8 heteroatoms. The van der Waals surface area contributed by atoms with Crippen LogP contribution in [0.15, 0.2) is 152 Å². The largest absolute Gasteiger partial charge is 0.478 e. The third-order valence-corrected chi connectivity index (χ3v) is 9.45. The maximum atomic E-state index is 11.5. The first kappa shape index (κ1) is 30.1. The van der Waals surface area contributed by atoms with Gasteiger partial charge < -0.3 is 14.9 Å². The van der Waals surface area contributed by atoms with Crippen molar-refractivity contribution in [3.8, 4) is 11.3 Å². The second-order valence-electron chi connectivity index (χ2n) is 12.2. The fourth-order valence-electron chi connectivity index (χ4n) is 7.07. The SMILES string of the molecule is O=C(O)c1cccc(N2CCN(c3ncnc4ccc(-c5ccn(C(c6ccccc6)(c6ccccc6)c6ccccc6)n5)cc34)CC2)c1. The zero-order chi connectivity index (χ0) is 33.2. The number of aromatic nitrogens is 4. The number of carbonyl (C=O) groups is 1. The smallest absolute Gasteiger partial charge is 0.335 e. The highest BCUT2D eigenvalue weighted by molar-refractivity contribution is 5.93. The van der Waals surface area contributed by atoms with Gasteiger partial charge in [-0.25, -0.2) is 14.8 Å². The number of carboxylic acids is 1. The maximum absolute atomic E-state index is 11.5. The number of anilines is 2. The predicted molar refractivity (Wildman–Crippen MR) is 193 cm³/mol. The topological polar surface area (TPSA) is 87.4 Å². The number of hydrogen-bond acceptors (Lipinski definition) is 6. The van der Waals surface area contributed by atoms with Crippen LogP contribution < -0.4 is 9.80 Å². The second-order valence-corrected chi connectivity index (χ2v) is 12.2. The van der Waals surface area contributed by atoms with Crippen molar-refractivity contribution < 1.29 is 9.90 Å². The van der Waals surface area contributed by atoms with Gasteiger partial charge in [0.2, 0.25) is 0 Å². The van der Waals surface area contributed by atoms with E-state index in [1.165, 1.54) is 0 Å². The monoisotopic (exact) mass is 642 g/mol. The van der Waals surface area contributed by atoms with Crippen molar-refractivity contribution in [2.75, 3.05) is 36.0 Å². The number of rotatable bonds is 8. The van der Waals surface area contributed by atoms with E-state index in [9.17, 15) is 9.90 Å². The standard InChI is InChI=1S/C41H34N6O2/c48-40(49)31-11-10-18-35(27-31)45-23-25-46(26-24-45)39-36-28-30(19-20-38(36)42-29-43-39)37-21-22-47(44-37)41(32-12-4-1-5-13-32,33-14-6-2-7-15-33)34-16-8-3-9-17-34/h1-22,27-29H,23-26H2,(H,48,49). The van der Waals surface area contributed by atoms with Crippen molar-refractivity contribution in [1.29, 1.82) is 0 Å². The third kappa shape index (κ3) is 5.47. The fourth-order valence-corrected chi connectivity index (χ4v) is 7.07. The van der Waals surface area contributed by atoms with E-state index in [0.29, 0.717) is 5.56 Å². The van der Waals surface area contributed by atoms with Crippen molar-refractivity contribution in [1.82, 2.24) is 19.7 Å². The molecule has 0 atom stereocenters. The molecule has 3 heterocycles. The quantitative estimate of drug-likeness (QED) is 0.173. The molecular weight excluding hydrogens is 608 g/mol. The average Bonchev–Trinajstić information content (AvgIpc) is 3.67. The summed E-state index contributed by atoms with van der Waals surface area (Å²) in [5.41, 5.74) is 6.57. The first-order chi connectivity index (χ1) is 24.1. The molecule has 0 spiro atoms. The summed E-state index contributed by atoms with van der Waals surface area (Å²) in [6, 6.07) is 47.1. The van der Waals surface area contributed by atoms with Gasteiger partial charge >= 0.3 is 5.97 Å². The molecule has 49 heavy (non-hydrogen) atoms. The first-order valence-electron chi connectivity index (χ1n) is 16.4. The molecule has 5 aromatic carbocycles. The van der Waals surface area contributed by atoms with Gasteiger partial charge in [-0.1, -0.05) is 103 Å². The van der Waals surface area contributed by atoms with Crippen molar-refractivity contribution in [3.63, 3.8) is 0 Å². The Kier molecular flexibility index (Phi) is 7.81. The lowest BCUT2D eigenvalue weighted by molar-refractivity contribution is 0.0697. The molecular formula is C41H34N6O2. The fraction of sp³-hybridized carbons (Fsp3) is 0.122. The van der Waals surface area contributed by atoms with Crippen LogP contribution >= 0.6 is 0 Å². The van der Waals surface area contributed by atoms with E-state index < -0.39 is 11.5 Å². The Balaban J connectivity index is 1.16. The first-order valence-corrected chi connectivity index (χ1v) is 16.4. The van der Waals surface area contributed by atoms with Gasteiger partial charge in [0.05, 0.1) is 16.8 Å². The molecule has 0 bridgehead atoms. The van der Waals surface area contributed by atoms with E-state index in [1.54, 1.807) is 24.5 Å². The average molecular weight is 643 g/mol. The van der Waals surface area contributed by atoms with Gasteiger partial charge in [0, 0.05) is 49.0 Å². The molecule has 1 saturated heterocycles. The molecule has 1 fully saturated rings. The van der Waals surface area contributed by atoms with E-state index in [0.717, 1.165) is 76.5 Å². The Hall–Kier alpha value is -6.28. The summed E-state index contributed by atoms with van der Waals surface area (Å²) < 4.78 is 2.09. The zero-order valence-corrected chi connectivity index (χ0v) is 26.8. The van der Waals surface area contributed by atoms with Gasteiger partial charge in [0.1, 0.15) is 17.7 Å². The van der Waals surface area contributed by atoms with Crippen molar-refractivity contribution in [3.05, 3.63) is 174 Å². The summed E-state index contributed by atoms with van der Waals surface area (Å²) in [5.74, 6) is -0.0307. The van der Waals surface area contributed by atoms with Gasteiger partial charge in [0.25, 0.3) is 0 Å². The predicted octanol–water partition coefficient (Wildman–Crippen LogP) is 7.36. The van der Waals surface area contributed by atoms with Crippen LogP contribution in [0.5, 0.6) is 0 Å². The Labute approximate surface area is 284 Å². The number of benzene rings is 5. The van der Waals surface area contributed by atoms with E-state index in [2.05, 4.69) is 117 Å². The molecule has 0 unspecified atom stereocenters. The molecule has 1 N–H and O–H groups in total. The van der Waals surface area contributed by atoms with E-state index >= 15 is 0 Å². The molecule has 1 aliphatic rings. The normalized spacial score (nSPS) is 13.5. The van der Waals surface area contributed by atoms with Gasteiger partial charge in [-0.3, -0.25) is 4.68 Å². The second kappa shape index (κ2) is 12.7. The van der Waals surface area contributed by atoms with Crippen LogP contribution in [0.4, 0.5) is 11.5 Å². The molecule has 0 aliphatic carbocycles. The van der Waals surface area contributed by atoms with E-state index in [1.807, 2.05) is 30.3 Å². The lowest BCUT2D eigenvalue weighted by Gasteiger charge is -2.37. The van der Waals surface area contributed by atoms with Crippen molar-refractivity contribution in [2.24, 2.45) is 0 Å². The highest BCUT2D eigenvalue weighted by Gasteiger charge is 2.39. The Morgan fingerprint density at radius 2 is 1.24 bits per heavy atom. The van der Waals surface area contributed by atoms with Crippen LogP contribution in [0, 0.1) is 0 Å².